The fraction of sp³-hybridized carbons (Fsp3) is 0.158. The molecule has 124 valence electrons. The zero-order valence-corrected chi connectivity index (χ0v) is 14.7. The van der Waals surface area contributed by atoms with Gasteiger partial charge in [0.05, 0.1) is 7.11 Å². The molecule has 5 heteroatoms. The summed E-state index contributed by atoms with van der Waals surface area (Å²) in [5, 5.41) is 5.95. The number of hydrogen-bond donors (Lipinski definition) is 2. The number of thiocarbonyl (C=S) groups is 1. The summed E-state index contributed by atoms with van der Waals surface area (Å²) in [7, 11) is 1.61. The lowest BCUT2D eigenvalue weighted by atomic mass is 10.1. The van der Waals surface area contributed by atoms with Crippen molar-refractivity contribution in [1.82, 2.24) is 5.32 Å². The molecule has 0 fully saturated rings. The van der Waals surface area contributed by atoms with E-state index in [4.69, 9.17) is 17.0 Å². The van der Waals surface area contributed by atoms with Gasteiger partial charge in [0.25, 0.3) is 0 Å². The number of rotatable bonds is 4. The maximum atomic E-state index is 11.9. The Hall–Kier alpha value is -2.66. The van der Waals surface area contributed by atoms with E-state index in [0.717, 1.165) is 28.1 Å². The molecule has 0 aliphatic carbocycles. The second-order valence-electron chi connectivity index (χ2n) is 5.37. The molecule has 2 rings (SSSR count). The molecule has 0 bridgehead atoms. The third-order valence-electron chi connectivity index (χ3n) is 3.42. The van der Waals surface area contributed by atoms with Gasteiger partial charge in [0.15, 0.2) is 5.11 Å². The molecular formula is C19H20N2O2S. The summed E-state index contributed by atoms with van der Waals surface area (Å²) in [6, 6.07) is 13.4. The summed E-state index contributed by atoms with van der Waals surface area (Å²) in [5.74, 6) is 0.490. The first kappa shape index (κ1) is 17.7. The van der Waals surface area contributed by atoms with E-state index in [1.165, 1.54) is 6.08 Å². The van der Waals surface area contributed by atoms with E-state index in [-0.39, 0.29) is 11.0 Å². The topological polar surface area (TPSA) is 50.4 Å². The lowest BCUT2D eigenvalue weighted by Gasteiger charge is -2.11. The van der Waals surface area contributed by atoms with Gasteiger partial charge in [0.2, 0.25) is 5.91 Å². The van der Waals surface area contributed by atoms with Crippen LogP contribution in [-0.2, 0) is 4.79 Å². The van der Waals surface area contributed by atoms with Gasteiger partial charge in [-0.05, 0) is 67.0 Å². The Morgan fingerprint density at radius 2 is 1.83 bits per heavy atom. The van der Waals surface area contributed by atoms with Crippen molar-refractivity contribution in [2.45, 2.75) is 13.8 Å². The quantitative estimate of drug-likeness (QED) is 0.656. The van der Waals surface area contributed by atoms with Gasteiger partial charge in [0, 0.05) is 11.8 Å². The molecule has 0 spiro atoms. The molecule has 0 saturated carbocycles. The number of anilines is 1. The van der Waals surface area contributed by atoms with Crippen LogP contribution >= 0.6 is 12.2 Å². The van der Waals surface area contributed by atoms with E-state index < -0.39 is 0 Å². The lowest BCUT2D eigenvalue weighted by molar-refractivity contribution is -0.115. The van der Waals surface area contributed by atoms with Crippen molar-refractivity contribution in [3.8, 4) is 5.75 Å². The highest BCUT2D eigenvalue weighted by atomic mass is 32.1. The number of aryl methyl sites for hydroxylation is 2. The summed E-state index contributed by atoms with van der Waals surface area (Å²) in [6.45, 7) is 3.99. The monoisotopic (exact) mass is 340 g/mol. The second kappa shape index (κ2) is 8.26. The molecule has 0 saturated heterocycles. The van der Waals surface area contributed by atoms with Gasteiger partial charge < -0.3 is 10.1 Å². The normalized spacial score (nSPS) is 10.5. The third kappa shape index (κ3) is 5.21. The van der Waals surface area contributed by atoms with Gasteiger partial charge in [-0.1, -0.05) is 24.3 Å². The Morgan fingerprint density at radius 1 is 1.12 bits per heavy atom. The van der Waals surface area contributed by atoms with Gasteiger partial charge >= 0.3 is 0 Å². The lowest BCUT2D eigenvalue weighted by Crippen LogP contribution is -2.33. The minimum Gasteiger partial charge on any atom is -0.497 e. The Balaban J connectivity index is 1.92. The van der Waals surface area contributed by atoms with E-state index in [9.17, 15) is 4.79 Å². The first-order valence-electron chi connectivity index (χ1n) is 7.49. The zero-order chi connectivity index (χ0) is 17.5. The second-order valence-corrected chi connectivity index (χ2v) is 5.78. The Labute approximate surface area is 147 Å². The molecule has 4 nitrogen and oxygen atoms in total. The molecule has 0 atom stereocenters. The van der Waals surface area contributed by atoms with Crippen LogP contribution in [0.1, 0.15) is 16.7 Å². The summed E-state index contributed by atoms with van der Waals surface area (Å²) in [4.78, 5) is 11.9. The van der Waals surface area contributed by atoms with Gasteiger partial charge in [0.1, 0.15) is 5.75 Å². The van der Waals surface area contributed by atoms with Crippen LogP contribution in [0.25, 0.3) is 6.08 Å². The molecule has 2 aromatic carbocycles. The molecule has 24 heavy (non-hydrogen) atoms. The number of methoxy groups -OCH3 is 1. The predicted octanol–water partition coefficient (Wildman–Crippen LogP) is 3.84. The highest BCUT2D eigenvalue weighted by Gasteiger charge is 2.04. The first-order valence-corrected chi connectivity index (χ1v) is 7.90. The number of carbonyl (C=O) groups excluding carboxylic acids is 1. The summed E-state index contributed by atoms with van der Waals surface area (Å²) < 4.78 is 5.09. The SMILES string of the molecule is COc1ccc(C=CC(=O)NC(=S)Nc2cc(C)ccc2C)cc1. The Morgan fingerprint density at radius 3 is 2.50 bits per heavy atom. The fourth-order valence-corrected chi connectivity index (χ4v) is 2.28. The van der Waals surface area contributed by atoms with Crippen molar-refractivity contribution >= 4 is 35.0 Å². The van der Waals surface area contributed by atoms with Gasteiger partial charge in [-0.15, -0.1) is 0 Å². The van der Waals surface area contributed by atoms with Crippen LogP contribution in [-0.4, -0.2) is 18.1 Å². The van der Waals surface area contributed by atoms with Crippen LogP contribution in [0.2, 0.25) is 0 Å². The van der Waals surface area contributed by atoms with Crippen LogP contribution in [0.3, 0.4) is 0 Å². The predicted molar refractivity (Wildman–Crippen MR) is 102 cm³/mol. The fourth-order valence-electron chi connectivity index (χ4n) is 2.06. The first-order chi connectivity index (χ1) is 11.5. The molecule has 1 amide bonds. The summed E-state index contributed by atoms with van der Waals surface area (Å²) in [5.41, 5.74) is 3.97. The number of amides is 1. The molecular weight excluding hydrogens is 320 g/mol. The van der Waals surface area contributed by atoms with Crippen LogP contribution < -0.4 is 15.4 Å². The summed E-state index contributed by atoms with van der Waals surface area (Å²) in [6.07, 6.45) is 3.16. The standard InChI is InChI=1S/C19H20N2O2S/c1-13-4-5-14(2)17(12-13)20-19(24)21-18(22)11-8-15-6-9-16(23-3)10-7-15/h4-12H,1-3H3,(H2,20,21,22,24). The largest absolute Gasteiger partial charge is 0.497 e. The van der Waals surface area contributed by atoms with Crippen molar-refractivity contribution in [3.05, 3.63) is 65.2 Å². The minimum atomic E-state index is -0.284. The van der Waals surface area contributed by atoms with Crippen LogP contribution in [0.5, 0.6) is 5.75 Å². The maximum absolute atomic E-state index is 11.9. The van der Waals surface area contributed by atoms with Crippen LogP contribution in [0.4, 0.5) is 5.69 Å². The minimum absolute atomic E-state index is 0.271. The molecule has 0 heterocycles. The average molecular weight is 340 g/mol. The number of ether oxygens (including phenoxy) is 1. The Bertz CT molecular complexity index is 767. The van der Waals surface area contributed by atoms with Gasteiger partial charge in [-0.25, -0.2) is 0 Å². The van der Waals surface area contributed by atoms with Crippen molar-refractivity contribution in [2.75, 3.05) is 12.4 Å². The van der Waals surface area contributed by atoms with Crippen molar-refractivity contribution < 1.29 is 9.53 Å². The third-order valence-corrected chi connectivity index (χ3v) is 3.63. The van der Waals surface area contributed by atoms with Crippen molar-refractivity contribution in [1.29, 1.82) is 0 Å². The van der Waals surface area contributed by atoms with Crippen molar-refractivity contribution in [3.63, 3.8) is 0 Å². The highest BCUT2D eigenvalue weighted by molar-refractivity contribution is 7.80. The van der Waals surface area contributed by atoms with Gasteiger partial charge in [-0.2, -0.15) is 0 Å². The highest BCUT2D eigenvalue weighted by Crippen LogP contribution is 2.16. The number of benzene rings is 2. The van der Waals surface area contributed by atoms with Crippen molar-refractivity contribution in [2.24, 2.45) is 0 Å². The van der Waals surface area contributed by atoms with E-state index in [1.54, 1.807) is 13.2 Å². The van der Waals surface area contributed by atoms with E-state index in [1.807, 2.05) is 56.3 Å². The maximum Gasteiger partial charge on any atom is 0.250 e. The van der Waals surface area contributed by atoms with E-state index in [2.05, 4.69) is 10.6 Å². The molecule has 0 aromatic heterocycles. The molecule has 0 aliphatic heterocycles. The smallest absolute Gasteiger partial charge is 0.250 e. The zero-order valence-electron chi connectivity index (χ0n) is 13.9. The van der Waals surface area contributed by atoms with Crippen LogP contribution in [0.15, 0.2) is 48.5 Å². The van der Waals surface area contributed by atoms with E-state index >= 15 is 0 Å². The molecule has 0 unspecified atom stereocenters. The van der Waals surface area contributed by atoms with Crippen LogP contribution in [0, 0.1) is 13.8 Å². The molecule has 0 radical (unpaired) electrons. The average Bonchev–Trinajstić information content (AvgIpc) is 2.56. The molecule has 0 aliphatic rings. The number of carbonyl (C=O) groups is 1. The van der Waals surface area contributed by atoms with Gasteiger partial charge in [-0.3, -0.25) is 10.1 Å². The Kier molecular flexibility index (Phi) is 6.09. The molecule has 2 N–H and O–H groups in total. The number of nitrogens with one attached hydrogen (secondary N) is 2. The van der Waals surface area contributed by atoms with E-state index in [0.29, 0.717) is 0 Å². The molecule has 2 aromatic rings. The number of hydrogen-bond acceptors (Lipinski definition) is 3. The summed E-state index contributed by atoms with van der Waals surface area (Å²) >= 11 is 5.19.